The minimum Gasteiger partial charge on any atom is -0.331 e. The van der Waals surface area contributed by atoms with Gasteiger partial charge in [0.05, 0.1) is 18.2 Å². The highest BCUT2D eigenvalue weighted by atomic mass is 15.0. The maximum absolute atomic E-state index is 4.19. The molecule has 3 nitrogen and oxygen atoms in total. The van der Waals surface area contributed by atoms with E-state index in [-0.39, 0.29) is 0 Å². The normalized spacial score (nSPS) is 12.6. The van der Waals surface area contributed by atoms with E-state index in [1.165, 1.54) is 16.8 Å². The molecule has 90 valence electrons. The Morgan fingerprint density at radius 1 is 1.29 bits per heavy atom. The fourth-order valence-electron chi connectivity index (χ4n) is 1.92. The minimum absolute atomic E-state index is 0.389. The third-order valence-corrected chi connectivity index (χ3v) is 3.19. The van der Waals surface area contributed by atoms with Crippen molar-refractivity contribution in [1.29, 1.82) is 0 Å². The summed E-state index contributed by atoms with van der Waals surface area (Å²) < 4.78 is 2.15. The van der Waals surface area contributed by atoms with Gasteiger partial charge in [0.2, 0.25) is 0 Å². The van der Waals surface area contributed by atoms with Crippen LogP contribution in [0, 0.1) is 0 Å². The lowest BCUT2D eigenvalue weighted by Crippen LogP contribution is -2.11. The summed E-state index contributed by atoms with van der Waals surface area (Å²) in [5, 5.41) is 3.24. The molecule has 1 aromatic heterocycles. The van der Waals surface area contributed by atoms with Gasteiger partial charge in [-0.05, 0) is 32.0 Å². The van der Waals surface area contributed by atoms with Gasteiger partial charge in [0.15, 0.2) is 0 Å². The minimum atomic E-state index is 0.389. The van der Waals surface area contributed by atoms with E-state index < -0.39 is 0 Å². The summed E-state index contributed by atoms with van der Waals surface area (Å²) in [5.74, 6) is 0. The Labute approximate surface area is 103 Å². The van der Waals surface area contributed by atoms with Gasteiger partial charge >= 0.3 is 0 Å². The molecule has 1 N–H and O–H groups in total. The monoisotopic (exact) mass is 229 g/mol. The van der Waals surface area contributed by atoms with E-state index in [0.717, 1.165) is 6.54 Å². The predicted molar refractivity (Wildman–Crippen MR) is 70.8 cm³/mol. The van der Waals surface area contributed by atoms with Crippen LogP contribution in [0.1, 0.15) is 25.5 Å². The van der Waals surface area contributed by atoms with Crippen LogP contribution in [0.2, 0.25) is 0 Å². The fourth-order valence-corrected chi connectivity index (χ4v) is 1.92. The lowest BCUT2D eigenvalue weighted by Gasteiger charge is -2.11. The standard InChI is InChI=1S/C14H19N3/c1-4-17-10-16-9-14(17)13-7-5-12(6-8-13)11(2)15-3/h5-11,15H,4H2,1-3H3. The molecule has 0 saturated heterocycles. The van der Waals surface area contributed by atoms with Crippen molar-refractivity contribution in [3.8, 4) is 11.3 Å². The molecular weight excluding hydrogens is 210 g/mol. The van der Waals surface area contributed by atoms with Crippen LogP contribution >= 0.6 is 0 Å². The third kappa shape index (κ3) is 2.39. The summed E-state index contributed by atoms with van der Waals surface area (Å²) in [7, 11) is 1.98. The van der Waals surface area contributed by atoms with Crippen LogP contribution in [-0.2, 0) is 6.54 Å². The van der Waals surface area contributed by atoms with Crippen molar-refractivity contribution in [3.05, 3.63) is 42.4 Å². The smallest absolute Gasteiger partial charge is 0.0950 e. The van der Waals surface area contributed by atoms with Gasteiger partial charge in [-0.1, -0.05) is 24.3 Å². The first-order chi connectivity index (χ1) is 8.26. The summed E-state index contributed by atoms with van der Waals surface area (Å²) in [6, 6.07) is 9.05. The van der Waals surface area contributed by atoms with Gasteiger partial charge in [-0.15, -0.1) is 0 Å². The molecule has 0 aliphatic carbocycles. The lowest BCUT2D eigenvalue weighted by molar-refractivity contribution is 0.652. The molecule has 0 bridgehead atoms. The second-order valence-electron chi connectivity index (χ2n) is 4.20. The Morgan fingerprint density at radius 2 is 2.00 bits per heavy atom. The molecule has 2 rings (SSSR count). The topological polar surface area (TPSA) is 29.9 Å². The highest BCUT2D eigenvalue weighted by Gasteiger charge is 2.05. The van der Waals surface area contributed by atoms with E-state index in [2.05, 4.69) is 53.0 Å². The second kappa shape index (κ2) is 5.15. The van der Waals surface area contributed by atoms with Crippen LogP contribution in [0.5, 0.6) is 0 Å². The Morgan fingerprint density at radius 3 is 2.59 bits per heavy atom. The van der Waals surface area contributed by atoms with E-state index >= 15 is 0 Å². The lowest BCUT2D eigenvalue weighted by atomic mass is 10.0. The van der Waals surface area contributed by atoms with Gasteiger partial charge in [0.1, 0.15) is 0 Å². The first kappa shape index (κ1) is 11.9. The number of nitrogens with zero attached hydrogens (tertiary/aromatic N) is 2. The van der Waals surface area contributed by atoms with Crippen molar-refractivity contribution in [3.63, 3.8) is 0 Å². The van der Waals surface area contributed by atoms with Gasteiger partial charge in [0.25, 0.3) is 0 Å². The Hall–Kier alpha value is -1.61. The average Bonchev–Trinajstić information content (AvgIpc) is 2.86. The molecule has 17 heavy (non-hydrogen) atoms. The molecular formula is C14H19N3. The Bertz CT molecular complexity index is 470. The Kier molecular flexibility index (Phi) is 3.59. The van der Waals surface area contributed by atoms with Crippen LogP contribution in [0.25, 0.3) is 11.3 Å². The zero-order chi connectivity index (χ0) is 12.3. The van der Waals surface area contributed by atoms with E-state index in [1.807, 2.05) is 19.6 Å². The molecule has 0 saturated carbocycles. The number of hydrogen-bond donors (Lipinski definition) is 1. The predicted octanol–water partition coefficient (Wildman–Crippen LogP) is 2.85. The summed E-state index contributed by atoms with van der Waals surface area (Å²) >= 11 is 0. The van der Waals surface area contributed by atoms with Crippen molar-refractivity contribution in [2.45, 2.75) is 26.4 Å². The Balaban J connectivity index is 2.29. The number of hydrogen-bond acceptors (Lipinski definition) is 2. The van der Waals surface area contributed by atoms with Gasteiger partial charge in [-0.2, -0.15) is 0 Å². The highest BCUT2D eigenvalue weighted by Crippen LogP contribution is 2.21. The van der Waals surface area contributed by atoms with Gasteiger partial charge < -0.3 is 9.88 Å². The molecule has 0 aliphatic rings. The molecule has 0 aliphatic heterocycles. The van der Waals surface area contributed by atoms with Crippen LogP contribution in [0.3, 0.4) is 0 Å². The number of aromatic nitrogens is 2. The first-order valence-corrected chi connectivity index (χ1v) is 6.04. The van der Waals surface area contributed by atoms with Gasteiger partial charge in [-0.25, -0.2) is 4.98 Å². The molecule has 2 aromatic rings. The number of nitrogens with one attached hydrogen (secondary N) is 1. The fraction of sp³-hybridized carbons (Fsp3) is 0.357. The van der Waals surface area contributed by atoms with Crippen molar-refractivity contribution >= 4 is 0 Å². The maximum atomic E-state index is 4.19. The summed E-state index contributed by atoms with van der Waals surface area (Å²) in [4.78, 5) is 4.19. The van der Waals surface area contributed by atoms with E-state index in [4.69, 9.17) is 0 Å². The zero-order valence-corrected chi connectivity index (χ0v) is 10.6. The molecule has 1 atom stereocenters. The molecule has 3 heteroatoms. The molecule has 1 aromatic carbocycles. The van der Waals surface area contributed by atoms with Crippen molar-refractivity contribution in [2.24, 2.45) is 0 Å². The molecule has 0 amide bonds. The second-order valence-corrected chi connectivity index (χ2v) is 4.20. The maximum Gasteiger partial charge on any atom is 0.0950 e. The average molecular weight is 229 g/mol. The summed E-state index contributed by atoms with van der Waals surface area (Å²) in [5.41, 5.74) is 3.70. The van der Waals surface area contributed by atoms with Crippen molar-refractivity contribution in [2.75, 3.05) is 7.05 Å². The molecule has 0 spiro atoms. The molecule has 1 heterocycles. The van der Waals surface area contributed by atoms with Gasteiger partial charge in [0, 0.05) is 12.6 Å². The first-order valence-electron chi connectivity index (χ1n) is 6.04. The van der Waals surface area contributed by atoms with Crippen LogP contribution in [0.15, 0.2) is 36.8 Å². The zero-order valence-electron chi connectivity index (χ0n) is 10.6. The number of rotatable bonds is 4. The summed E-state index contributed by atoms with van der Waals surface area (Å²) in [6.45, 7) is 5.23. The molecule has 0 fully saturated rings. The number of imidazole rings is 1. The molecule has 0 radical (unpaired) electrons. The van der Waals surface area contributed by atoms with E-state index in [0.29, 0.717) is 6.04 Å². The largest absolute Gasteiger partial charge is 0.331 e. The number of aryl methyl sites for hydroxylation is 1. The SMILES string of the molecule is CCn1cncc1-c1ccc(C(C)NC)cc1. The van der Waals surface area contributed by atoms with E-state index in [1.54, 1.807) is 0 Å². The third-order valence-electron chi connectivity index (χ3n) is 3.19. The molecule has 1 unspecified atom stereocenters. The van der Waals surface area contributed by atoms with Crippen LogP contribution < -0.4 is 5.32 Å². The van der Waals surface area contributed by atoms with Gasteiger partial charge in [-0.3, -0.25) is 0 Å². The number of benzene rings is 1. The van der Waals surface area contributed by atoms with Crippen molar-refractivity contribution in [1.82, 2.24) is 14.9 Å². The highest BCUT2D eigenvalue weighted by molar-refractivity contribution is 5.59. The van der Waals surface area contributed by atoms with E-state index in [9.17, 15) is 0 Å². The quantitative estimate of drug-likeness (QED) is 0.873. The van der Waals surface area contributed by atoms with Crippen LogP contribution in [0.4, 0.5) is 0 Å². The summed E-state index contributed by atoms with van der Waals surface area (Å²) in [6.07, 6.45) is 3.79. The van der Waals surface area contributed by atoms with Crippen LogP contribution in [-0.4, -0.2) is 16.6 Å². The van der Waals surface area contributed by atoms with Crippen molar-refractivity contribution < 1.29 is 0 Å².